The number of aromatic nitrogens is 2. The second-order valence-corrected chi connectivity index (χ2v) is 9.59. The van der Waals surface area contributed by atoms with Crippen LogP contribution in [0.15, 0.2) is 54.6 Å². The number of aromatic amines is 1. The van der Waals surface area contributed by atoms with Crippen molar-refractivity contribution in [3.63, 3.8) is 0 Å². The summed E-state index contributed by atoms with van der Waals surface area (Å²) in [6, 6.07) is 19.6. The van der Waals surface area contributed by atoms with E-state index in [1.54, 1.807) is 0 Å². The molecule has 2 aromatic carbocycles. The summed E-state index contributed by atoms with van der Waals surface area (Å²) in [7, 11) is 0. The molecule has 2 aliphatic rings. The minimum Gasteiger partial charge on any atom is -0.378 e. The van der Waals surface area contributed by atoms with Gasteiger partial charge in [0.05, 0.1) is 18.9 Å². The molecule has 0 saturated carbocycles. The van der Waals surface area contributed by atoms with Crippen LogP contribution in [0.25, 0.3) is 11.3 Å². The maximum absolute atomic E-state index is 13.4. The van der Waals surface area contributed by atoms with Crippen LogP contribution >= 0.6 is 0 Å². The van der Waals surface area contributed by atoms with Gasteiger partial charge >= 0.3 is 6.03 Å². The van der Waals surface area contributed by atoms with Gasteiger partial charge in [0.25, 0.3) is 0 Å². The summed E-state index contributed by atoms with van der Waals surface area (Å²) in [4.78, 5) is 17.4. The van der Waals surface area contributed by atoms with Crippen molar-refractivity contribution < 1.29 is 9.53 Å². The van der Waals surface area contributed by atoms with Gasteiger partial charge in [0.2, 0.25) is 0 Å². The summed E-state index contributed by atoms with van der Waals surface area (Å²) in [6.07, 6.45) is 2.03. The molecule has 0 bridgehead atoms. The molecule has 6 heteroatoms. The first-order valence-electron chi connectivity index (χ1n) is 12.4. The molecule has 34 heavy (non-hydrogen) atoms. The van der Waals surface area contributed by atoms with E-state index in [4.69, 9.17) is 4.74 Å². The van der Waals surface area contributed by atoms with Crippen LogP contribution in [0.3, 0.4) is 0 Å². The Balaban J connectivity index is 1.41. The number of piperidine rings is 1. The van der Waals surface area contributed by atoms with Crippen LogP contribution in [0.2, 0.25) is 0 Å². The minimum atomic E-state index is 0.126. The second-order valence-electron chi connectivity index (χ2n) is 9.59. The highest BCUT2D eigenvalue weighted by molar-refractivity contribution is 5.75. The Hall–Kier alpha value is -3.12. The van der Waals surface area contributed by atoms with Crippen molar-refractivity contribution in [3.8, 4) is 11.3 Å². The van der Waals surface area contributed by atoms with Gasteiger partial charge in [-0.3, -0.25) is 5.10 Å². The summed E-state index contributed by atoms with van der Waals surface area (Å²) in [5, 5.41) is 7.93. The van der Waals surface area contributed by atoms with Crippen molar-refractivity contribution >= 4 is 6.03 Å². The van der Waals surface area contributed by atoms with E-state index in [1.165, 1.54) is 16.7 Å². The number of nitrogens with one attached hydrogen (secondary N) is 1. The number of carbonyl (C=O) groups is 1. The van der Waals surface area contributed by atoms with E-state index in [0.29, 0.717) is 38.8 Å². The number of morpholine rings is 1. The molecule has 0 radical (unpaired) electrons. The van der Waals surface area contributed by atoms with E-state index >= 15 is 0 Å². The van der Waals surface area contributed by atoms with Gasteiger partial charge in [0, 0.05) is 49.3 Å². The van der Waals surface area contributed by atoms with Crippen LogP contribution in [-0.2, 0) is 11.2 Å². The zero-order valence-corrected chi connectivity index (χ0v) is 20.2. The van der Waals surface area contributed by atoms with Crippen molar-refractivity contribution in [1.29, 1.82) is 0 Å². The quantitative estimate of drug-likeness (QED) is 0.600. The molecule has 2 fully saturated rings. The van der Waals surface area contributed by atoms with Crippen LogP contribution in [-0.4, -0.2) is 65.4 Å². The molecule has 1 N–H and O–H groups in total. The summed E-state index contributed by atoms with van der Waals surface area (Å²) >= 11 is 0. The highest BCUT2D eigenvalue weighted by atomic mass is 16.5. The van der Waals surface area contributed by atoms with Crippen molar-refractivity contribution in [1.82, 2.24) is 20.0 Å². The molecule has 6 nitrogen and oxygen atoms in total. The van der Waals surface area contributed by atoms with Crippen LogP contribution in [0.5, 0.6) is 0 Å². The van der Waals surface area contributed by atoms with Crippen LogP contribution in [0.4, 0.5) is 4.79 Å². The fourth-order valence-electron chi connectivity index (χ4n) is 5.20. The fourth-order valence-corrected chi connectivity index (χ4v) is 5.20. The number of hydrogen-bond acceptors (Lipinski definition) is 3. The predicted molar refractivity (Wildman–Crippen MR) is 134 cm³/mol. The first-order valence-corrected chi connectivity index (χ1v) is 12.4. The largest absolute Gasteiger partial charge is 0.378 e. The molecular weight excluding hydrogens is 424 g/mol. The number of H-pyrrole nitrogens is 1. The molecule has 1 aromatic heterocycles. The van der Waals surface area contributed by atoms with E-state index in [9.17, 15) is 4.79 Å². The lowest BCUT2D eigenvalue weighted by Gasteiger charge is -2.41. The number of hydrogen-bond donors (Lipinski definition) is 1. The molecule has 0 spiro atoms. The Morgan fingerprint density at radius 2 is 1.79 bits per heavy atom. The number of rotatable bonds is 4. The third-order valence-electron chi connectivity index (χ3n) is 7.21. The lowest BCUT2D eigenvalue weighted by molar-refractivity contribution is 0.0398. The Morgan fingerprint density at radius 1 is 1.03 bits per heavy atom. The zero-order valence-electron chi connectivity index (χ0n) is 20.2. The average Bonchev–Trinajstić information content (AvgIpc) is 3.39. The first kappa shape index (κ1) is 22.7. The number of aryl methyl sites for hydroxylation is 2. The van der Waals surface area contributed by atoms with Gasteiger partial charge in [0.1, 0.15) is 0 Å². The highest BCUT2D eigenvalue weighted by Gasteiger charge is 2.35. The van der Waals surface area contributed by atoms with Crippen LogP contribution in [0.1, 0.15) is 47.6 Å². The number of amides is 2. The summed E-state index contributed by atoms with van der Waals surface area (Å²) < 4.78 is 5.47. The van der Waals surface area contributed by atoms with Crippen molar-refractivity contribution in [2.45, 2.75) is 38.5 Å². The van der Waals surface area contributed by atoms with E-state index in [2.05, 4.69) is 78.6 Å². The van der Waals surface area contributed by atoms with Crippen molar-refractivity contribution in [2.24, 2.45) is 0 Å². The molecule has 2 unspecified atom stereocenters. The molecule has 3 aromatic rings. The first-order chi connectivity index (χ1) is 16.6. The number of ether oxygens (including phenoxy) is 1. The SMILES string of the molecule is CCc1ccc(C2CC(c3cc(-c4cccc(C)c4)n[nH]3)CN(C(=O)N3CCOCC3)C2)cc1. The maximum Gasteiger partial charge on any atom is 0.320 e. The average molecular weight is 459 g/mol. The minimum absolute atomic E-state index is 0.126. The smallest absolute Gasteiger partial charge is 0.320 e. The third-order valence-corrected chi connectivity index (χ3v) is 7.21. The van der Waals surface area contributed by atoms with Gasteiger partial charge in [-0.2, -0.15) is 5.10 Å². The molecule has 2 atom stereocenters. The lowest BCUT2D eigenvalue weighted by atomic mass is 9.82. The number of nitrogens with zero attached hydrogens (tertiary/aromatic N) is 3. The molecule has 2 saturated heterocycles. The van der Waals surface area contributed by atoms with Gasteiger partial charge in [-0.15, -0.1) is 0 Å². The highest BCUT2D eigenvalue weighted by Crippen LogP contribution is 2.37. The molecule has 2 amide bonds. The van der Waals surface area contributed by atoms with Gasteiger partial charge in [0.15, 0.2) is 0 Å². The van der Waals surface area contributed by atoms with Crippen LogP contribution < -0.4 is 0 Å². The number of urea groups is 1. The Labute approximate surface area is 201 Å². The molecule has 0 aliphatic carbocycles. The third kappa shape index (κ3) is 4.87. The van der Waals surface area contributed by atoms with Gasteiger partial charge in [-0.1, -0.05) is 55.0 Å². The second kappa shape index (κ2) is 10.0. The number of carbonyl (C=O) groups excluding carboxylic acids is 1. The molecule has 3 heterocycles. The Morgan fingerprint density at radius 3 is 2.53 bits per heavy atom. The topological polar surface area (TPSA) is 61.5 Å². The van der Waals surface area contributed by atoms with E-state index in [-0.39, 0.29) is 11.9 Å². The van der Waals surface area contributed by atoms with E-state index < -0.39 is 0 Å². The number of likely N-dealkylation sites (tertiary alicyclic amines) is 1. The van der Waals surface area contributed by atoms with Gasteiger partial charge in [-0.25, -0.2) is 4.79 Å². The monoisotopic (exact) mass is 458 g/mol. The number of benzene rings is 2. The van der Waals surface area contributed by atoms with Crippen molar-refractivity contribution in [3.05, 3.63) is 77.0 Å². The van der Waals surface area contributed by atoms with E-state index in [0.717, 1.165) is 36.3 Å². The molecule has 2 aliphatic heterocycles. The molecule has 5 rings (SSSR count). The standard InChI is InChI=1S/C28H34N4O2/c1-3-21-7-9-22(10-8-21)24-16-25(19-32(18-24)28(33)31-11-13-34-14-12-31)27-17-26(29-30-27)23-6-4-5-20(2)15-23/h4-10,15,17,24-25H,3,11-14,16,18-19H2,1-2H3,(H,29,30). The van der Waals surface area contributed by atoms with E-state index in [1.807, 2.05) is 9.80 Å². The lowest BCUT2D eigenvalue weighted by Crippen LogP contribution is -2.52. The summed E-state index contributed by atoms with van der Waals surface area (Å²) in [5.41, 5.74) is 7.04. The van der Waals surface area contributed by atoms with Gasteiger partial charge < -0.3 is 14.5 Å². The normalized spacial score (nSPS) is 21.0. The molecular formula is C28H34N4O2. The Bertz CT molecular complexity index is 1120. The van der Waals surface area contributed by atoms with Crippen LogP contribution in [0, 0.1) is 6.92 Å². The van der Waals surface area contributed by atoms with Crippen molar-refractivity contribution in [2.75, 3.05) is 39.4 Å². The zero-order chi connectivity index (χ0) is 23.5. The predicted octanol–water partition coefficient (Wildman–Crippen LogP) is 4.97. The summed E-state index contributed by atoms with van der Waals surface area (Å²) in [5.74, 6) is 0.501. The fraction of sp³-hybridized carbons (Fsp3) is 0.429. The Kier molecular flexibility index (Phi) is 6.68. The molecule has 178 valence electrons. The van der Waals surface area contributed by atoms with Gasteiger partial charge in [-0.05, 0) is 43.0 Å². The summed E-state index contributed by atoms with van der Waals surface area (Å²) in [6.45, 7) is 8.29. The maximum atomic E-state index is 13.4.